The summed E-state index contributed by atoms with van der Waals surface area (Å²) in [6.45, 7) is 11.2. The Bertz CT molecular complexity index is 500. The largest absolute Gasteiger partial charge is 0.467 e. The second kappa shape index (κ2) is 20.0. The minimum atomic E-state index is -1.17. The van der Waals surface area contributed by atoms with Gasteiger partial charge in [0.15, 0.2) is 11.8 Å². The number of esters is 2. The lowest BCUT2D eigenvalue weighted by Crippen LogP contribution is -2.42. The van der Waals surface area contributed by atoms with E-state index in [-0.39, 0.29) is 18.5 Å². The molecule has 1 N–H and O–H groups in total. The fourth-order valence-electron chi connectivity index (χ4n) is 3.47. The highest BCUT2D eigenvalue weighted by Crippen LogP contribution is 2.28. The van der Waals surface area contributed by atoms with Gasteiger partial charge in [0.1, 0.15) is 0 Å². The van der Waals surface area contributed by atoms with Gasteiger partial charge in [0.25, 0.3) is 0 Å². The van der Waals surface area contributed by atoms with E-state index in [2.05, 4.69) is 11.7 Å². The van der Waals surface area contributed by atoms with E-state index in [0.29, 0.717) is 12.3 Å². The molecule has 1 fully saturated rings. The smallest absolute Gasteiger partial charge is 0.336 e. The van der Waals surface area contributed by atoms with Crippen LogP contribution in [0.2, 0.25) is 0 Å². The Morgan fingerprint density at radius 2 is 1.65 bits per heavy atom. The number of ketones is 1. The van der Waals surface area contributed by atoms with Crippen molar-refractivity contribution in [3.05, 3.63) is 0 Å². The molecule has 0 aliphatic heterocycles. The molecule has 0 bridgehead atoms. The third-order valence-electron chi connectivity index (χ3n) is 4.99. The van der Waals surface area contributed by atoms with Gasteiger partial charge in [-0.1, -0.05) is 72.1 Å². The fraction of sp³-hybridized carbons (Fsp3) is 0.833. The van der Waals surface area contributed by atoms with Gasteiger partial charge >= 0.3 is 11.9 Å². The number of carbonyl (C=O) groups is 4. The van der Waals surface area contributed by atoms with Crippen molar-refractivity contribution < 1.29 is 28.7 Å². The molecule has 0 saturated heterocycles. The van der Waals surface area contributed by atoms with E-state index in [1.54, 1.807) is 0 Å². The first kappa shape index (κ1) is 31.3. The molecule has 182 valence electrons. The van der Waals surface area contributed by atoms with E-state index in [0.717, 1.165) is 13.0 Å². The molecule has 0 radical (unpaired) electrons. The number of nitrogens with one attached hydrogen (secondary N) is 1. The van der Waals surface area contributed by atoms with Crippen molar-refractivity contribution in [3.63, 3.8) is 0 Å². The zero-order chi connectivity index (χ0) is 24.2. The maximum absolute atomic E-state index is 11.5. The minimum Gasteiger partial charge on any atom is -0.467 e. The minimum absolute atomic E-state index is 0.0203. The summed E-state index contributed by atoms with van der Waals surface area (Å²) in [6, 6.07) is -1.17. The number of amides is 1. The maximum Gasteiger partial charge on any atom is 0.336 e. The van der Waals surface area contributed by atoms with E-state index in [1.165, 1.54) is 58.3 Å². The SMILES string of the molecule is CC.CC(C)OC(=O)C[C@H](C)CCCC1CCCCC1.COC(=O)C(NC=O)C(C)=O. The molecule has 2 atom stereocenters. The Morgan fingerprint density at radius 3 is 2.10 bits per heavy atom. The topological polar surface area (TPSA) is 98.8 Å². The quantitative estimate of drug-likeness (QED) is 0.284. The second-order valence-corrected chi connectivity index (χ2v) is 8.13. The number of Topliss-reactive ketones (excluding diaryl/α,β-unsaturated/α-hetero) is 1. The molecule has 1 aliphatic carbocycles. The summed E-state index contributed by atoms with van der Waals surface area (Å²) in [4.78, 5) is 42.7. The Kier molecular flexibility index (Phi) is 20.2. The van der Waals surface area contributed by atoms with Crippen LogP contribution in [-0.4, -0.2) is 43.4 Å². The molecule has 7 heteroatoms. The average molecular weight is 444 g/mol. The Morgan fingerprint density at radius 1 is 1.06 bits per heavy atom. The summed E-state index contributed by atoms with van der Waals surface area (Å²) in [6.07, 6.45) is 11.9. The Balaban J connectivity index is 0. The molecule has 0 aromatic heterocycles. The zero-order valence-corrected chi connectivity index (χ0v) is 20.7. The standard InChI is InChI=1S/C16H30O2.C6H9NO4.C2H6/c1-13(2)18-16(17)12-14(3)8-7-11-15-9-5-4-6-10-15;1-4(9)5(7-3-8)6(10)11-2;1-2/h13-15H,4-12H2,1-3H3;3,5H,1-2H3,(H,7,8);1-2H3/t14-;;/m1../s1. The average Bonchev–Trinajstić information content (AvgIpc) is 2.73. The van der Waals surface area contributed by atoms with Crippen LogP contribution in [0.4, 0.5) is 0 Å². The highest BCUT2D eigenvalue weighted by Gasteiger charge is 2.22. The second-order valence-electron chi connectivity index (χ2n) is 8.13. The molecule has 1 rings (SSSR count). The lowest BCUT2D eigenvalue weighted by Gasteiger charge is -2.22. The van der Waals surface area contributed by atoms with E-state index in [9.17, 15) is 19.2 Å². The third-order valence-corrected chi connectivity index (χ3v) is 4.99. The van der Waals surface area contributed by atoms with Gasteiger partial charge in [0, 0.05) is 6.42 Å². The summed E-state index contributed by atoms with van der Waals surface area (Å²) in [7, 11) is 1.14. The van der Waals surface area contributed by atoms with Gasteiger partial charge in [-0.25, -0.2) is 4.79 Å². The van der Waals surface area contributed by atoms with Crippen LogP contribution in [0.15, 0.2) is 0 Å². The molecule has 31 heavy (non-hydrogen) atoms. The lowest BCUT2D eigenvalue weighted by atomic mass is 9.85. The summed E-state index contributed by atoms with van der Waals surface area (Å²) >= 11 is 0. The van der Waals surface area contributed by atoms with Gasteiger partial charge in [-0.15, -0.1) is 0 Å². The first-order valence-electron chi connectivity index (χ1n) is 11.7. The van der Waals surface area contributed by atoms with E-state index < -0.39 is 17.8 Å². The van der Waals surface area contributed by atoms with E-state index in [1.807, 2.05) is 33.0 Å². The summed E-state index contributed by atoms with van der Waals surface area (Å²) < 4.78 is 9.42. The van der Waals surface area contributed by atoms with Crippen LogP contribution in [0.25, 0.3) is 0 Å². The van der Waals surface area contributed by atoms with Crippen molar-refractivity contribution in [2.45, 2.75) is 111 Å². The number of hydrogen-bond donors (Lipinski definition) is 1. The van der Waals surface area contributed by atoms with E-state index in [4.69, 9.17) is 4.74 Å². The van der Waals surface area contributed by atoms with Crippen LogP contribution in [0.3, 0.4) is 0 Å². The predicted octanol–water partition coefficient (Wildman–Crippen LogP) is 4.60. The van der Waals surface area contributed by atoms with Crippen molar-refractivity contribution in [1.29, 1.82) is 0 Å². The highest BCUT2D eigenvalue weighted by molar-refractivity contribution is 6.03. The third kappa shape index (κ3) is 17.5. The number of hydrogen-bond acceptors (Lipinski definition) is 6. The molecule has 1 saturated carbocycles. The molecular weight excluding hydrogens is 398 g/mol. The molecule has 0 spiro atoms. The van der Waals surface area contributed by atoms with Gasteiger partial charge in [-0.2, -0.15) is 0 Å². The van der Waals surface area contributed by atoms with Crippen molar-refractivity contribution in [3.8, 4) is 0 Å². The first-order chi connectivity index (χ1) is 14.7. The molecule has 0 heterocycles. The number of rotatable bonds is 11. The molecule has 1 aliphatic rings. The summed E-state index contributed by atoms with van der Waals surface area (Å²) in [5.41, 5.74) is 0. The van der Waals surface area contributed by atoms with Crippen LogP contribution in [0, 0.1) is 11.8 Å². The Labute approximate surface area is 189 Å². The van der Waals surface area contributed by atoms with Gasteiger partial charge in [0.2, 0.25) is 6.41 Å². The van der Waals surface area contributed by atoms with Crippen LogP contribution in [0.5, 0.6) is 0 Å². The first-order valence-corrected chi connectivity index (χ1v) is 11.7. The van der Waals surface area contributed by atoms with Crippen molar-refractivity contribution in [2.75, 3.05) is 7.11 Å². The molecule has 0 aromatic carbocycles. The number of methoxy groups -OCH3 is 1. The lowest BCUT2D eigenvalue weighted by molar-refractivity contribution is -0.149. The van der Waals surface area contributed by atoms with Crippen molar-refractivity contribution in [2.24, 2.45) is 11.8 Å². The van der Waals surface area contributed by atoms with Crippen LogP contribution >= 0.6 is 0 Å². The van der Waals surface area contributed by atoms with Gasteiger partial charge in [-0.05, 0) is 32.6 Å². The number of carbonyl (C=O) groups excluding carboxylic acids is 4. The van der Waals surface area contributed by atoms with Gasteiger partial charge in [-0.3, -0.25) is 14.4 Å². The summed E-state index contributed by atoms with van der Waals surface area (Å²) in [5.74, 6) is 0.192. The van der Waals surface area contributed by atoms with Crippen LogP contribution < -0.4 is 5.32 Å². The molecular formula is C24H45NO6. The van der Waals surface area contributed by atoms with E-state index >= 15 is 0 Å². The van der Waals surface area contributed by atoms with Crippen LogP contribution in [0.1, 0.15) is 99.3 Å². The monoisotopic (exact) mass is 443 g/mol. The molecule has 1 unspecified atom stereocenters. The van der Waals surface area contributed by atoms with Gasteiger partial charge < -0.3 is 14.8 Å². The predicted molar refractivity (Wildman–Crippen MR) is 122 cm³/mol. The molecule has 0 aromatic rings. The Hall–Kier alpha value is -1.92. The maximum atomic E-state index is 11.5. The van der Waals surface area contributed by atoms with Crippen LogP contribution in [-0.2, 0) is 28.7 Å². The molecule has 1 amide bonds. The van der Waals surface area contributed by atoms with Crippen molar-refractivity contribution >= 4 is 24.1 Å². The fourth-order valence-corrected chi connectivity index (χ4v) is 3.47. The normalized spacial score (nSPS) is 15.2. The molecule has 7 nitrogen and oxygen atoms in total. The summed E-state index contributed by atoms with van der Waals surface area (Å²) in [5, 5.41) is 2.03. The zero-order valence-electron chi connectivity index (χ0n) is 20.7. The highest BCUT2D eigenvalue weighted by atomic mass is 16.5. The number of ether oxygens (including phenoxy) is 2. The van der Waals surface area contributed by atoms with Gasteiger partial charge in [0.05, 0.1) is 13.2 Å². The van der Waals surface area contributed by atoms with Crippen molar-refractivity contribution in [1.82, 2.24) is 5.32 Å².